The van der Waals surface area contributed by atoms with Gasteiger partial charge in [-0.25, -0.2) is 0 Å². The molecule has 0 radical (unpaired) electrons. The molecular formula is C12H12ClN3O. The molecule has 17 heavy (non-hydrogen) atoms. The predicted molar refractivity (Wildman–Crippen MR) is 63.5 cm³/mol. The summed E-state index contributed by atoms with van der Waals surface area (Å²) < 4.78 is 0. The van der Waals surface area contributed by atoms with E-state index in [0.29, 0.717) is 10.6 Å². The highest BCUT2D eigenvalue weighted by Gasteiger charge is 2.29. The van der Waals surface area contributed by atoms with Crippen LogP contribution in [-0.2, 0) is 0 Å². The van der Waals surface area contributed by atoms with E-state index in [4.69, 9.17) is 16.9 Å². The Kier molecular flexibility index (Phi) is 3.60. The molecule has 5 heteroatoms. The third kappa shape index (κ3) is 2.56. The minimum atomic E-state index is -0.254. The Morgan fingerprint density at radius 1 is 1.59 bits per heavy atom. The highest BCUT2D eigenvalue weighted by atomic mass is 35.5. The molecule has 0 aromatic carbocycles. The molecule has 1 amide bonds. The maximum absolute atomic E-state index is 11.9. The summed E-state index contributed by atoms with van der Waals surface area (Å²) in [5.41, 5.74) is 0.359. The van der Waals surface area contributed by atoms with Crippen LogP contribution in [0, 0.1) is 17.2 Å². The highest BCUT2D eigenvalue weighted by molar-refractivity contribution is 6.33. The van der Waals surface area contributed by atoms with E-state index in [-0.39, 0.29) is 17.9 Å². The van der Waals surface area contributed by atoms with Gasteiger partial charge in [0.25, 0.3) is 5.91 Å². The van der Waals surface area contributed by atoms with Crippen LogP contribution in [0.3, 0.4) is 0 Å². The summed E-state index contributed by atoms with van der Waals surface area (Å²) in [6.07, 6.45) is 5.65. The van der Waals surface area contributed by atoms with Gasteiger partial charge in [-0.15, -0.1) is 0 Å². The van der Waals surface area contributed by atoms with Crippen molar-refractivity contribution >= 4 is 17.5 Å². The molecule has 1 aromatic rings. The topological polar surface area (TPSA) is 65.8 Å². The van der Waals surface area contributed by atoms with Crippen LogP contribution >= 0.6 is 11.6 Å². The van der Waals surface area contributed by atoms with Crippen molar-refractivity contribution < 1.29 is 4.79 Å². The molecule has 0 spiro atoms. The molecule has 2 unspecified atom stereocenters. The van der Waals surface area contributed by atoms with Crippen LogP contribution in [0.2, 0.25) is 5.02 Å². The number of carbonyl (C=O) groups is 1. The first-order chi connectivity index (χ1) is 8.22. The molecule has 88 valence electrons. The van der Waals surface area contributed by atoms with Crippen LogP contribution in [-0.4, -0.2) is 16.9 Å². The van der Waals surface area contributed by atoms with E-state index in [1.165, 1.54) is 12.4 Å². The summed E-state index contributed by atoms with van der Waals surface area (Å²) in [6.45, 7) is 0. The summed E-state index contributed by atoms with van der Waals surface area (Å²) in [7, 11) is 0. The van der Waals surface area contributed by atoms with Crippen molar-refractivity contribution in [1.29, 1.82) is 5.26 Å². The van der Waals surface area contributed by atoms with Gasteiger partial charge in [-0.1, -0.05) is 11.6 Å². The van der Waals surface area contributed by atoms with Crippen LogP contribution in [0.1, 0.15) is 29.6 Å². The van der Waals surface area contributed by atoms with Gasteiger partial charge in [0.2, 0.25) is 0 Å². The number of hydrogen-bond acceptors (Lipinski definition) is 3. The number of hydrogen-bond donors (Lipinski definition) is 1. The molecule has 1 aliphatic carbocycles. The SMILES string of the molecule is N#CC1CCCC1NC(=O)c1cnccc1Cl. The number of nitriles is 1. The first-order valence-electron chi connectivity index (χ1n) is 5.52. The summed E-state index contributed by atoms with van der Waals surface area (Å²) in [6, 6.07) is 3.73. The van der Waals surface area contributed by atoms with Crippen LogP contribution in [0.25, 0.3) is 0 Å². The zero-order valence-electron chi connectivity index (χ0n) is 9.19. The Morgan fingerprint density at radius 3 is 3.12 bits per heavy atom. The Morgan fingerprint density at radius 2 is 2.41 bits per heavy atom. The van der Waals surface area contributed by atoms with Gasteiger partial charge in [-0.05, 0) is 25.3 Å². The van der Waals surface area contributed by atoms with E-state index in [0.717, 1.165) is 19.3 Å². The van der Waals surface area contributed by atoms with Crippen molar-refractivity contribution in [2.45, 2.75) is 25.3 Å². The van der Waals surface area contributed by atoms with Gasteiger partial charge >= 0.3 is 0 Å². The molecule has 0 saturated heterocycles. The molecule has 1 aliphatic rings. The second kappa shape index (κ2) is 5.15. The zero-order chi connectivity index (χ0) is 12.3. The average molecular weight is 250 g/mol. The third-order valence-corrected chi connectivity index (χ3v) is 3.34. The van der Waals surface area contributed by atoms with Crippen LogP contribution < -0.4 is 5.32 Å². The highest BCUT2D eigenvalue weighted by Crippen LogP contribution is 2.25. The Bertz CT molecular complexity index is 469. The first-order valence-corrected chi connectivity index (χ1v) is 5.90. The number of halogens is 1. The molecule has 2 rings (SSSR count). The van der Waals surface area contributed by atoms with E-state index in [1.807, 2.05) is 0 Å². The lowest BCUT2D eigenvalue weighted by Gasteiger charge is -2.15. The van der Waals surface area contributed by atoms with Crippen molar-refractivity contribution in [3.8, 4) is 6.07 Å². The van der Waals surface area contributed by atoms with Crippen molar-refractivity contribution in [2.24, 2.45) is 5.92 Å². The van der Waals surface area contributed by atoms with E-state index in [1.54, 1.807) is 6.07 Å². The second-order valence-electron chi connectivity index (χ2n) is 4.10. The number of carbonyl (C=O) groups excluding carboxylic acids is 1. The van der Waals surface area contributed by atoms with Gasteiger partial charge in [-0.3, -0.25) is 9.78 Å². The van der Waals surface area contributed by atoms with E-state index >= 15 is 0 Å². The fourth-order valence-corrected chi connectivity index (χ4v) is 2.27. The average Bonchev–Trinajstić information content (AvgIpc) is 2.76. The Labute approximate surface area is 105 Å². The molecule has 1 N–H and O–H groups in total. The Balaban J connectivity index is 2.08. The Hall–Kier alpha value is -1.60. The minimum absolute atomic E-state index is 0.0660. The molecule has 1 aromatic heterocycles. The number of nitrogens with zero attached hydrogens (tertiary/aromatic N) is 2. The van der Waals surface area contributed by atoms with Gasteiger partial charge in [0, 0.05) is 18.4 Å². The lowest BCUT2D eigenvalue weighted by atomic mass is 10.1. The first kappa shape index (κ1) is 11.9. The van der Waals surface area contributed by atoms with Crippen LogP contribution in [0.5, 0.6) is 0 Å². The molecule has 0 aliphatic heterocycles. The van der Waals surface area contributed by atoms with Crippen molar-refractivity contribution in [2.75, 3.05) is 0 Å². The molecule has 1 fully saturated rings. The molecular weight excluding hydrogens is 238 g/mol. The van der Waals surface area contributed by atoms with Gasteiger partial charge in [0.1, 0.15) is 0 Å². The molecule has 1 saturated carbocycles. The predicted octanol–water partition coefficient (Wildman–Crippen LogP) is 2.16. The summed E-state index contributed by atoms with van der Waals surface area (Å²) >= 11 is 5.91. The summed E-state index contributed by atoms with van der Waals surface area (Å²) in [5.74, 6) is -0.343. The maximum atomic E-state index is 11.9. The van der Waals surface area contributed by atoms with Gasteiger partial charge in [-0.2, -0.15) is 5.26 Å². The van der Waals surface area contributed by atoms with Crippen molar-refractivity contribution in [3.63, 3.8) is 0 Å². The molecule has 4 nitrogen and oxygen atoms in total. The minimum Gasteiger partial charge on any atom is -0.348 e. The van der Waals surface area contributed by atoms with Gasteiger partial charge < -0.3 is 5.32 Å². The van der Waals surface area contributed by atoms with Gasteiger partial charge in [0.05, 0.1) is 22.6 Å². The number of rotatable bonds is 2. The third-order valence-electron chi connectivity index (χ3n) is 3.01. The lowest BCUT2D eigenvalue weighted by Crippen LogP contribution is -2.37. The van der Waals surface area contributed by atoms with Crippen LogP contribution in [0.4, 0.5) is 0 Å². The number of aromatic nitrogens is 1. The number of amides is 1. The van der Waals surface area contributed by atoms with E-state index < -0.39 is 0 Å². The zero-order valence-corrected chi connectivity index (χ0v) is 9.94. The largest absolute Gasteiger partial charge is 0.348 e. The fraction of sp³-hybridized carbons (Fsp3) is 0.417. The van der Waals surface area contributed by atoms with E-state index in [9.17, 15) is 4.79 Å². The van der Waals surface area contributed by atoms with Crippen LogP contribution in [0.15, 0.2) is 18.5 Å². The van der Waals surface area contributed by atoms with E-state index in [2.05, 4.69) is 16.4 Å². The van der Waals surface area contributed by atoms with Crippen molar-refractivity contribution in [3.05, 3.63) is 29.0 Å². The second-order valence-corrected chi connectivity index (χ2v) is 4.51. The normalized spacial score (nSPS) is 23.1. The van der Waals surface area contributed by atoms with Gasteiger partial charge in [0.15, 0.2) is 0 Å². The standard InChI is InChI=1S/C12H12ClN3O/c13-10-4-5-15-7-9(10)12(17)16-11-3-1-2-8(11)6-14/h4-5,7-8,11H,1-3H2,(H,16,17). The fourth-order valence-electron chi connectivity index (χ4n) is 2.08. The smallest absolute Gasteiger partial charge is 0.254 e. The number of pyridine rings is 1. The van der Waals surface area contributed by atoms with Crippen molar-refractivity contribution in [1.82, 2.24) is 10.3 Å². The monoisotopic (exact) mass is 249 g/mol. The maximum Gasteiger partial charge on any atom is 0.254 e. The number of nitrogens with one attached hydrogen (secondary N) is 1. The summed E-state index contributed by atoms with van der Waals surface area (Å²) in [5, 5.41) is 12.2. The molecule has 1 heterocycles. The molecule has 2 atom stereocenters. The summed E-state index contributed by atoms with van der Waals surface area (Å²) in [4.78, 5) is 15.8. The molecule has 0 bridgehead atoms. The quantitative estimate of drug-likeness (QED) is 0.873. The lowest BCUT2D eigenvalue weighted by molar-refractivity contribution is 0.0932.